The largest absolute Gasteiger partial charge is 0.308 e. The zero-order valence-corrected chi connectivity index (χ0v) is 9.49. The van der Waals surface area contributed by atoms with Crippen LogP contribution in [0.15, 0.2) is 24.3 Å². The van der Waals surface area contributed by atoms with E-state index in [0.29, 0.717) is 11.6 Å². The van der Waals surface area contributed by atoms with Gasteiger partial charge >= 0.3 is 0 Å². The maximum absolute atomic E-state index is 8.81. The van der Waals surface area contributed by atoms with Crippen LogP contribution in [0.4, 0.5) is 5.69 Å². The second kappa shape index (κ2) is 5.38. The molecular weight excluding hydrogens is 186 g/mol. The Bertz CT molecular complexity index is 352. The van der Waals surface area contributed by atoms with Gasteiger partial charge in [0.05, 0.1) is 17.3 Å². The zero-order chi connectivity index (χ0) is 11.3. The molecule has 0 heterocycles. The highest BCUT2D eigenvalue weighted by Gasteiger charge is 2.05. The van der Waals surface area contributed by atoms with Crippen LogP contribution in [0.25, 0.3) is 0 Å². The Morgan fingerprint density at radius 1 is 1.47 bits per heavy atom. The van der Waals surface area contributed by atoms with Gasteiger partial charge in [-0.2, -0.15) is 5.26 Å². The predicted octanol–water partition coefficient (Wildman–Crippen LogP) is 2.30. The van der Waals surface area contributed by atoms with Crippen molar-refractivity contribution in [1.82, 2.24) is 5.43 Å². The highest BCUT2D eigenvalue weighted by molar-refractivity contribution is 5.50. The van der Waals surface area contributed by atoms with Crippen LogP contribution in [0.1, 0.15) is 26.3 Å². The van der Waals surface area contributed by atoms with E-state index in [2.05, 4.69) is 32.3 Å². The summed E-state index contributed by atoms with van der Waals surface area (Å²) >= 11 is 0. The van der Waals surface area contributed by atoms with Crippen LogP contribution >= 0.6 is 0 Å². The van der Waals surface area contributed by atoms with E-state index in [-0.39, 0.29) is 0 Å². The number of hydrogen-bond donors (Lipinski definition) is 1. The maximum Gasteiger partial charge on any atom is 0.0992 e. The van der Waals surface area contributed by atoms with Gasteiger partial charge in [0.2, 0.25) is 0 Å². The first kappa shape index (κ1) is 11.5. The van der Waals surface area contributed by atoms with Gasteiger partial charge < -0.3 is 5.01 Å². The molecule has 0 unspecified atom stereocenters. The molecule has 3 nitrogen and oxygen atoms in total. The minimum atomic E-state index is 0.385. The number of anilines is 1. The van der Waals surface area contributed by atoms with E-state index in [4.69, 9.17) is 5.26 Å². The molecule has 0 aliphatic rings. The smallest absolute Gasteiger partial charge is 0.0992 e. The van der Waals surface area contributed by atoms with E-state index in [9.17, 15) is 0 Å². The first-order valence-corrected chi connectivity index (χ1v) is 5.21. The highest BCUT2D eigenvalue weighted by Crippen LogP contribution is 2.14. The van der Waals surface area contributed by atoms with E-state index >= 15 is 0 Å². The van der Waals surface area contributed by atoms with Crippen molar-refractivity contribution in [3.8, 4) is 6.07 Å². The van der Waals surface area contributed by atoms with Crippen molar-refractivity contribution in [2.45, 2.75) is 26.8 Å². The van der Waals surface area contributed by atoms with Crippen LogP contribution in [0.3, 0.4) is 0 Å². The zero-order valence-electron chi connectivity index (χ0n) is 9.49. The monoisotopic (exact) mass is 203 g/mol. The van der Waals surface area contributed by atoms with Crippen molar-refractivity contribution < 1.29 is 0 Å². The van der Waals surface area contributed by atoms with Crippen molar-refractivity contribution in [3.63, 3.8) is 0 Å². The summed E-state index contributed by atoms with van der Waals surface area (Å²) < 4.78 is 0. The molecule has 0 radical (unpaired) electrons. The second-order valence-electron chi connectivity index (χ2n) is 3.69. The van der Waals surface area contributed by atoms with Crippen LogP contribution in [-0.2, 0) is 0 Å². The standard InChI is InChI=1S/C12H17N3/c1-4-15(14-10(2)3)12-7-5-6-11(8-12)9-13/h5-8,10,14H,4H2,1-3H3. The van der Waals surface area contributed by atoms with Gasteiger partial charge in [-0.1, -0.05) is 6.07 Å². The van der Waals surface area contributed by atoms with E-state index in [1.807, 2.05) is 29.3 Å². The molecule has 80 valence electrons. The topological polar surface area (TPSA) is 39.1 Å². The van der Waals surface area contributed by atoms with Crippen LogP contribution in [-0.4, -0.2) is 12.6 Å². The average molecular weight is 203 g/mol. The van der Waals surface area contributed by atoms with Gasteiger partial charge in [-0.3, -0.25) is 0 Å². The number of nitrogens with one attached hydrogen (secondary N) is 1. The van der Waals surface area contributed by atoms with Gasteiger partial charge in [0.25, 0.3) is 0 Å². The summed E-state index contributed by atoms with van der Waals surface area (Å²) in [6, 6.07) is 10.1. The molecule has 1 aromatic rings. The number of nitrogens with zero attached hydrogens (tertiary/aromatic N) is 2. The first-order chi connectivity index (χ1) is 7.17. The molecule has 0 aliphatic carbocycles. The van der Waals surface area contributed by atoms with Crippen molar-refractivity contribution in [1.29, 1.82) is 5.26 Å². The maximum atomic E-state index is 8.81. The summed E-state index contributed by atoms with van der Waals surface area (Å²) in [6.07, 6.45) is 0. The fraction of sp³-hybridized carbons (Fsp3) is 0.417. The summed E-state index contributed by atoms with van der Waals surface area (Å²) in [5.41, 5.74) is 5.04. The fourth-order valence-electron chi connectivity index (χ4n) is 1.40. The number of rotatable bonds is 4. The number of benzene rings is 1. The molecule has 0 saturated carbocycles. The molecule has 0 aliphatic heterocycles. The number of hydrazine groups is 1. The lowest BCUT2D eigenvalue weighted by atomic mass is 10.2. The molecule has 1 N–H and O–H groups in total. The van der Waals surface area contributed by atoms with E-state index in [0.717, 1.165) is 12.2 Å². The van der Waals surface area contributed by atoms with Crippen molar-refractivity contribution in [2.75, 3.05) is 11.6 Å². The molecule has 0 saturated heterocycles. The SMILES string of the molecule is CCN(NC(C)C)c1cccc(C#N)c1. The third-order valence-electron chi connectivity index (χ3n) is 2.02. The first-order valence-electron chi connectivity index (χ1n) is 5.21. The van der Waals surface area contributed by atoms with Gasteiger partial charge in [0, 0.05) is 12.6 Å². The summed E-state index contributed by atoms with van der Waals surface area (Å²) in [7, 11) is 0. The fourth-order valence-corrected chi connectivity index (χ4v) is 1.40. The number of hydrogen-bond acceptors (Lipinski definition) is 3. The van der Waals surface area contributed by atoms with Crippen LogP contribution in [0.2, 0.25) is 0 Å². The Labute approximate surface area is 91.3 Å². The molecular formula is C12H17N3. The highest BCUT2D eigenvalue weighted by atomic mass is 15.5. The molecule has 0 bridgehead atoms. The Kier molecular flexibility index (Phi) is 4.14. The molecule has 0 spiro atoms. The lowest BCUT2D eigenvalue weighted by Crippen LogP contribution is -2.42. The molecule has 1 rings (SSSR count). The summed E-state index contributed by atoms with van der Waals surface area (Å²) in [4.78, 5) is 0. The van der Waals surface area contributed by atoms with Gasteiger partial charge in [-0.05, 0) is 39.0 Å². The van der Waals surface area contributed by atoms with Gasteiger partial charge in [0.1, 0.15) is 0 Å². The third kappa shape index (κ3) is 3.26. The molecule has 0 atom stereocenters. The average Bonchev–Trinajstić information content (AvgIpc) is 2.25. The lowest BCUT2D eigenvalue weighted by molar-refractivity contribution is 0.556. The van der Waals surface area contributed by atoms with E-state index < -0.39 is 0 Å². The molecule has 0 amide bonds. The summed E-state index contributed by atoms with van der Waals surface area (Å²) in [5, 5.41) is 10.9. The lowest BCUT2D eigenvalue weighted by Gasteiger charge is -2.26. The van der Waals surface area contributed by atoms with E-state index in [1.165, 1.54) is 0 Å². The van der Waals surface area contributed by atoms with Gasteiger partial charge in [0.15, 0.2) is 0 Å². The number of nitriles is 1. The van der Waals surface area contributed by atoms with Crippen LogP contribution < -0.4 is 10.4 Å². The minimum absolute atomic E-state index is 0.385. The molecule has 1 aromatic carbocycles. The van der Waals surface area contributed by atoms with Crippen LogP contribution in [0.5, 0.6) is 0 Å². The van der Waals surface area contributed by atoms with Crippen LogP contribution in [0, 0.1) is 11.3 Å². The van der Waals surface area contributed by atoms with E-state index in [1.54, 1.807) is 0 Å². The van der Waals surface area contributed by atoms with Crippen molar-refractivity contribution in [2.24, 2.45) is 0 Å². The third-order valence-corrected chi connectivity index (χ3v) is 2.02. The summed E-state index contributed by atoms with van der Waals surface area (Å²) in [6.45, 7) is 7.13. The molecule has 0 fully saturated rings. The Morgan fingerprint density at radius 3 is 2.73 bits per heavy atom. The molecule has 0 aromatic heterocycles. The minimum Gasteiger partial charge on any atom is -0.308 e. The Morgan fingerprint density at radius 2 is 2.20 bits per heavy atom. The van der Waals surface area contributed by atoms with Gasteiger partial charge in [-0.15, -0.1) is 0 Å². The predicted molar refractivity (Wildman–Crippen MR) is 62.4 cm³/mol. The Hall–Kier alpha value is -1.53. The van der Waals surface area contributed by atoms with Crippen molar-refractivity contribution >= 4 is 5.69 Å². The molecule has 15 heavy (non-hydrogen) atoms. The second-order valence-corrected chi connectivity index (χ2v) is 3.69. The van der Waals surface area contributed by atoms with Crippen molar-refractivity contribution in [3.05, 3.63) is 29.8 Å². The molecule has 3 heteroatoms. The van der Waals surface area contributed by atoms with Gasteiger partial charge in [-0.25, -0.2) is 5.43 Å². The normalized spacial score (nSPS) is 10.1. The Balaban J connectivity index is 2.87. The summed E-state index contributed by atoms with van der Waals surface area (Å²) in [5.74, 6) is 0. The quantitative estimate of drug-likeness (QED) is 0.763.